The van der Waals surface area contributed by atoms with Crippen LogP contribution in [-0.2, 0) is 25.7 Å². The van der Waals surface area contributed by atoms with Gasteiger partial charge in [-0.3, -0.25) is 28.7 Å². The first-order chi connectivity index (χ1) is 13.3. The fourth-order valence-electron chi connectivity index (χ4n) is 2.53. The van der Waals surface area contributed by atoms with E-state index in [-0.39, 0.29) is 43.6 Å². The highest BCUT2D eigenvalue weighted by Gasteiger charge is 2.20. The zero-order valence-corrected chi connectivity index (χ0v) is 15.6. The van der Waals surface area contributed by atoms with Gasteiger partial charge in [0.1, 0.15) is 13.1 Å². The van der Waals surface area contributed by atoms with Crippen LogP contribution in [0.4, 0.5) is 0 Å². The van der Waals surface area contributed by atoms with Crippen molar-refractivity contribution in [1.29, 1.82) is 0 Å². The number of amides is 2. The van der Waals surface area contributed by atoms with E-state index >= 15 is 0 Å². The van der Waals surface area contributed by atoms with E-state index in [0.29, 0.717) is 0 Å². The van der Waals surface area contributed by atoms with Crippen LogP contribution in [0.5, 0.6) is 0 Å². The lowest BCUT2D eigenvalue weighted by Crippen LogP contribution is -2.45. The van der Waals surface area contributed by atoms with Crippen molar-refractivity contribution in [3.05, 3.63) is 56.9 Å². The minimum absolute atomic E-state index is 0.0525. The largest absolute Gasteiger partial charge is 0.468 e. The highest BCUT2D eigenvalue weighted by molar-refractivity contribution is 5.83. The van der Waals surface area contributed by atoms with Gasteiger partial charge < -0.3 is 15.0 Å². The molecule has 10 heteroatoms. The summed E-state index contributed by atoms with van der Waals surface area (Å²) in [5, 5.41) is 2.69. The molecule has 0 bridgehead atoms. The van der Waals surface area contributed by atoms with E-state index in [1.165, 1.54) is 25.1 Å². The van der Waals surface area contributed by atoms with Crippen LogP contribution in [0.15, 0.2) is 40.1 Å². The quantitative estimate of drug-likeness (QED) is 0.531. The van der Waals surface area contributed by atoms with E-state index in [0.717, 1.165) is 4.57 Å². The van der Waals surface area contributed by atoms with E-state index in [9.17, 15) is 24.0 Å². The Balaban J connectivity index is 2.02. The fourth-order valence-corrected chi connectivity index (χ4v) is 2.53. The number of methoxy groups -OCH3 is 1. The van der Waals surface area contributed by atoms with Crippen molar-refractivity contribution in [2.24, 2.45) is 5.92 Å². The Morgan fingerprint density at radius 2 is 1.93 bits per heavy atom. The van der Waals surface area contributed by atoms with Crippen molar-refractivity contribution in [2.75, 3.05) is 26.7 Å². The molecule has 0 saturated carbocycles. The van der Waals surface area contributed by atoms with E-state index in [1.807, 2.05) is 0 Å². The van der Waals surface area contributed by atoms with Gasteiger partial charge in [-0.15, -0.1) is 0 Å². The Morgan fingerprint density at radius 3 is 2.57 bits per heavy atom. The second-order valence-electron chi connectivity index (χ2n) is 6.18. The Morgan fingerprint density at radius 1 is 1.25 bits per heavy atom. The molecule has 2 N–H and O–H groups in total. The average Bonchev–Trinajstić information content (AvgIpc) is 3.19. The number of hydrogen-bond acceptors (Lipinski definition) is 6. The van der Waals surface area contributed by atoms with Crippen molar-refractivity contribution in [3.8, 4) is 0 Å². The van der Waals surface area contributed by atoms with Gasteiger partial charge in [-0.25, -0.2) is 4.79 Å². The molecule has 0 aromatic carbocycles. The van der Waals surface area contributed by atoms with Gasteiger partial charge in [0.2, 0.25) is 11.8 Å². The number of H-pyrrole nitrogens is 1. The summed E-state index contributed by atoms with van der Waals surface area (Å²) in [6.07, 6.45) is 8.27. The molecule has 0 fully saturated rings. The lowest BCUT2D eigenvalue weighted by Gasteiger charge is -2.22. The zero-order valence-electron chi connectivity index (χ0n) is 15.6. The number of allylic oxidation sites excluding steroid dienone is 2. The first-order valence-electron chi connectivity index (χ1n) is 8.59. The number of hydrogen-bond donors (Lipinski definition) is 2. The van der Waals surface area contributed by atoms with Gasteiger partial charge >= 0.3 is 11.7 Å². The lowest BCUT2D eigenvalue weighted by molar-refractivity contribution is -0.147. The van der Waals surface area contributed by atoms with E-state index in [2.05, 4.69) is 15.0 Å². The second kappa shape index (κ2) is 9.49. The van der Waals surface area contributed by atoms with Crippen LogP contribution in [0, 0.1) is 12.8 Å². The van der Waals surface area contributed by atoms with Crippen LogP contribution in [0.25, 0.3) is 0 Å². The van der Waals surface area contributed by atoms with Crippen LogP contribution in [0.3, 0.4) is 0 Å². The topological polar surface area (TPSA) is 131 Å². The maximum absolute atomic E-state index is 12.6. The number of esters is 1. The van der Waals surface area contributed by atoms with Crippen molar-refractivity contribution in [2.45, 2.75) is 13.5 Å². The molecule has 10 nitrogen and oxygen atoms in total. The predicted molar refractivity (Wildman–Crippen MR) is 99.4 cm³/mol. The van der Waals surface area contributed by atoms with Crippen molar-refractivity contribution in [1.82, 2.24) is 19.8 Å². The van der Waals surface area contributed by atoms with Crippen LogP contribution < -0.4 is 16.6 Å². The summed E-state index contributed by atoms with van der Waals surface area (Å²) in [4.78, 5) is 62.8. The third kappa shape index (κ3) is 5.53. The fraction of sp³-hybridized carbons (Fsp3) is 0.389. The summed E-state index contributed by atoms with van der Waals surface area (Å²) in [5.41, 5.74) is -0.982. The minimum atomic E-state index is -0.727. The molecule has 2 amide bonds. The summed E-state index contributed by atoms with van der Waals surface area (Å²) in [6.45, 7) is 0.990. The molecule has 1 aromatic heterocycles. The number of aryl methyl sites for hydroxylation is 1. The average molecular weight is 390 g/mol. The van der Waals surface area contributed by atoms with E-state index < -0.39 is 23.1 Å². The molecule has 1 aliphatic carbocycles. The number of ether oxygens (including phenoxy) is 1. The van der Waals surface area contributed by atoms with Crippen molar-refractivity contribution >= 4 is 17.8 Å². The summed E-state index contributed by atoms with van der Waals surface area (Å²) in [5.74, 6) is -1.74. The van der Waals surface area contributed by atoms with Gasteiger partial charge in [0.15, 0.2) is 0 Å². The van der Waals surface area contributed by atoms with E-state index in [4.69, 9.17) is 0 Å². The van der Waals surface area contributed by atoms with Crippen LogP contribution in [-0.4, -0.2) is 59.0 Å². The minimum Gasteiger partial charge on any atom is -0.468 e. The molecular weight excluding hydrogens is 368 g/mol. The van der Waals surface area contributed by atoms with Gasteiger partial charge in [-0.05, 0) is 6.92 Å². The normalized spacial score (nSPS) is 12.8. The molecule has 28 heavy (non-hydrogen) atoms. The van der Waals surface area contributed by atoms with Gasteiger partial charge in [-0.1, -0.05) is 24.3 Å². The zero-order chi connectivity index (χ0) is 20.7. The maximum Gasteiger partial charge on any atom is 0.328 e. The number of nitrogens with one attached hydrogen (secondary N) is 2. The van der Waals surface area contributed by atoms with Crippen molar-refractivity contribution < 1.29 is 19.1 Å². The molecule has 2 rings (SSSR count). The maximum atomic E-state index is 12.6. The van der Waals surface area contributed by atoms with Crippen LogP contribution >= 0.6 is 0 Å². The number of aromatic nitrogens is 2. The molecule has 0 unspecified atom stereocenters. The predicted octanol–water partition coefficient (Wildman–Crippen LogP) is -1.29. The third-order valence-corrected chi connectivity index (χ3v) is 4.13. The standard InChI is InChI=1S/C18H22N4O6/c1-12-9-22(18(27)20-16(12)25)10-14(23)21(11-15(24)28-2)8-7-19-17(26)13-5-3-4-6-13/h3-6,9,13H,7-8,10-11H2,1-2H3,(H,19,26)(H,20,25,27). The molecular formula is C18H22N4O6. The molecule has 1 aliphatic rings. The molecule has 1 aromatic rings. The molecule has 0 spiro atoms. The lowest BCUT2D eigenvalue weighted by atomic mass is 10.1. The number of aromatic amines is 1. The Labute approximate surface area is 160 Å². The summed E-state index contributed by atoms with van der Waals surface area (Å²) in [7, 11) is 1.20. The van der Waals surface area contributed by atoms with Crippen LogP contribution in [0.1, 0.15) is 5.56 Å². The van der Waals surface area contributed by atoms with Gasteiger partial charge in [0, 0.05) is 24.8 Å². The number of carbonyl (C=O) groups excluding carboxylic acids is 3. The monoisotopic (exact) mass is 390 g/mol. The van der Waals surface area contributed by atoms with Gasteiger partial charge in [0.25, 0.3) is 5.56 Å². The second-order valence-corrected chi connectivity index (χ2v) is 6.18. The third-order valence-electron chi connectivity index (χ3n) is 4.13. The number of rotatable bonds is 8. The molecule has 150 valence electrons. The first-order valence-corrected chi connectivity index (χ1v) is 8.59. The molecule has 0 atom stereocenters. The Kier molecular flexibility index (Phi) is 7.08. The smallest absolute Gasteiger partial charge is 0.328 e. The molecule has 0 radical (unpaired) electrons. The SMILES string of the molecule is COC(=O)CN(CCNC(=O)C1C=CC=C1)C(=O)Cn1cc(C)c(=O)[nH]c1=O. The highest BCUT2D eigenvalue weighted by Crippen LogP contribution is 2.08. The number of nitrogens with zero attached hydrogens (tertiary/aromatic N) is 2. The Bertz CT molecular complexity index is 915. The molecule has 1 heterocycles. The summed E-state index contributed by atoms with van der Waals surface area (Å²) < 4.78 is 5.65. The first kappa shape index (κ1) is 20.9. The van der Waals surface area contributed by atoms with E-state index in [1.54, 1.807) is 24.3 Å². The number of carbonyl (C=O) groups is 3. The van der Waals surface area contributed by atoms with Gasteiger partial charge in [-0.2, -0.15) is 0 Å². The van der Waals surface area contributed by atoms with Gasteiger partial charge in [0.05, 0.1) is 13.0 Å². The van der Waals surface area contributed by atoms with Crippen molar-refractivity contribution in [3.63, 3.8) is 0 Å². The molecule has 0 saturated heterocycles. The summed E-state index contributed by atoms with van der Waals surface area (Å²) in [6, 6.07) is 0. The van der Waals surface area contributed by atoms with Crippen LogP contribution in [0.2, 0.25) is 0 Å². The Hall–Kier alpha value is -3.43. The highest BCUT2D eigenvalue weighted by atomic mass is 16.5. The summed E-state index contributed by atoms with van der Waals surface area (Å²) >= 11 is 0. The molecule has 0 aliphatic heterocycles.